The van der Waals surface area contributed by atoms with Crippen molar-refractivity contribution in [3.8, 4) is 0 Å². The molecule has 0 spiro atoms. The predicted octanol–water partition coefficient (Wildman–Crippen LogP) is 2.04. The van der Waals surface area contributed by atoms with Crippen molar-refractivity contribution in [1.82, 2.24) is 10.2 Å². The molecule has 2 N–H and O–H groups in total. The number of benzene rings is 1. The molecule has 0 radical (unpaired) electrons. The van der Waals surface area contributed by atoms with E-state index < -0.39 is 11.6 Å². The van der Waals surface area contributed by atoms with Gasteiger partial charge in [0.05, 0.1) is 11.7 Å². The standard InChI is InChI=1S/C13H17F2N3O.2ClH/c1-9(18-6-4-16-5-7-18)13(19)17-12-3-2-10(14)8-11(12)15;;/h2-3,8-9,16H,4-7H2,1H3,(H,17,19);2*1H. The minimum Gasteiger partial charge on any atom is -0.322 e. The Bertz CT molecular complexity index is 471. The lowest BCUT2D eigenvalue weighted by Crippen LogP contribution is -2.51. The van der Waals surface area contributed by atoms with Crippen molar-refractivity contribution in [2.45, 2.75) is 13.0 Å². The van der Waals surface area contributed by atoms with Crippen LogP contribution in [0, 0.1) is 11.6 Å². The van der Waals surface area contributed by atoms with E-state index in [-0.39, 0.29) is 42.5 Å². The van der Waals surface area contributed by atoms with Crippen LogP contribution in [0.2, 0.25) is 0 Å². The second-order valence-corrected chi connectivity index (χ2v) is 4.58. The number of carbonyl (C=O) groups excluding carboxylic acids is 1. The van der Waals surface area contributed by atoms with Crippen LogP contribution in [-0.2, 0) is 4.79 Å². The van der Waals surface area contributed by atoms with E-state index in [2.05, 4.69) is 10.6 Å². The second-order valence-electron chi connectivity index (χ2n) is 4.58. The van der Waals surface area contributed by atoms with Gasteiger partial charge in [-0.1, -0.05) is 0 Å². The summed E-state index contributed by atoms with van der Waals surface area (Å²) in [6.07, 6.45) is 0. The summed E-state index contributed by atoms with van der Waals surface area (Å²) in [5.41, 5.74) is 0.00776. The minimum atomic E-state index is -0.763. The molecule has 21 heavy (non-hydrogen) atoms. The van der Waals surface area contributed by atoms with Gasteiger partial charge in [0.2, 0.25) is 5.91 Å². The van der Waals surface area contributed by atoms with Gasteiger partial charge in [0.1, 0.15) is 11.6 Å². The first-order chi connectivity index (χ1) is 9.08. The smallest absolute Gasteiger partial charge is 0.241 e. The predicted molar refractivity (Wildman–Crippen MR) is 83.4 cm³/mol. The fourth-order valence-corrected chi connectivity index (χ4v) is 2.06. The van der Waals surface area contributed by atoms with Crippen molar-refractivity contribution in [3.05, 3.63) is 29.8 Å². The van der Waals surface area contributed by atoms with Crippen molar-refractivity contribution in [3.63, 3.8) is 0 Å². The first-order valence-electron chi connectivity index (χ1n) is 6.28. The molecule has 1 amide bonds. The maximum atomic E-state index is 13.4. The van der Waals surface area contributed by atoms with E-state index in [1.165, 1.54) is 6.07 Å². The summed E-state index contributed by atoms with van der Waals surface area (Å²) in [7, 11) is 0. The van der Waals surface area contributed by atoms with Crippen molar-refractivity contribution in [2.75, 3.05) is 31.5 Å². The molecule has 0 aromatic heterocycles. The summed E-state index contributed by atoms with van der Waals surface area (Å²) in [6, 6.07) is 2.76. The third-order valence-electron chi connectivity index (χ3n) is 3.27. The number of hydrogen-bond acceptors (Lipinski definition) is 3. The number of nitrogens with zero attached hydrogens (tertiary/aromatic N) is 1. The van der Waals surface area contributed by atoms with E-state index in [4.69, 9.17) is 0 Å². The Kier molecular flexibility index (Phi) is 8.73. The Morgan fingerprint density at radius 3 is 2.48 bits per heavy atom. The Hall–Kier alpha value is -0.950. The van der Waals surface area contributed by atoms with Crippen LogP contribution < -0.4 is 10.6 Å². The molecule has 1 aliphatic heterocycles. The molecule has 0 aliphatic carbocycles. The molecule has 4 nitrogen and oxygen atoms in total. The van der Waals surface area contributed by atoms with E-state index in [1.807, 2.05) is 4.90 Å². The highest BCUT2D eigenvalue weighted by molar-refractivity contribution is 5.94. The Morgan fingerprint density at radius 2 is 1.90 bits per heavy atom. The van der Waals surface area contributed by atoms with Crippen molar-refractivity contribution in [1.29, 1.82) is 0 Å². The Labute approximate surface area is 135 Å². The van der Waals surface area contributed by atoms with Crippen molar-refractivity contribution >= 4 is 36.4 Å². The number of carbonyl (C=O) groups is 1. The average Bonchev–Trinajstić information content (AvgIpc) is 2.42. The fourth-order valence-electron chi connectivity index (χ4n) is 2.06. The van der Waals surface area contributed by atoms with E-state index in [1.54, 1.807) is 6.92 Å². The number of nitrogens with one attached hydrogen (secondary N) is 2. The van der Waals surface area contributed by atoms with E-state index in [9.17, 15) is 13.6 Å². The van der Waals surface area contributed by atoms with Crippen LogP contribution in [0.15, 0.2) is 18.2 Å². The molecule has 1 aromatic carbocycles. The summed E-state index contributed by atoms with van der Waals surface area (Å²) in [6.45, 7) is 5.01. The summed E-state index contributed by atoms with van der Waals surface area (Å²) < 4.78 is 26.2. The number of anilines is 1. The molecule has 1 saturated heterocycles. The number of halogens is 4. The number of amides is 1. The largest absolute Gasteiger partial charge is 0.322 e. The zero-order valence-electron chi connectivity index (χ0n) is 11.6. The molecule has 1 atom stereocenters. The van der Waals surface area contributed by atoms with Gasteiger partial charge in [0.25, 0.3) is 0 Å². The maximum absolute atomic E-state index is 13.4. The third kappa shape index (κ3) is 5.39. The highest BCUT2D eigenvalue weighted by Gasteiger charge is 2.23. The van der Waals surface area contributed by atoms with Gasteiger partial charge in [-0.15, -0.1) is 24.8 Å². The monoisotopic (exact) mass is 341 g/mol. The third-order valence-corrected chi connectivity index (χ3v) is 3.27. The van der Waals surface area contributed by atoms with Gasteiger partial charge in [-0.25, -0.2) is 8.78 Å². The minimum absolute atomic E-state index is 0. The molecule has 0 bridgehead atoms. The molecule has 1 heterocycles. The van der Waals surface area contributed by atoms with Gasteiger partial charge < -0.3 is 10.6 Å². The molecule has 1 aromatic rings. The van der Waals surface area contributed by atoms with E-state index >= 15 is 0 Å². The zero-order chi connectivity index (χ0) is 13.8. The van der Waals surface area contributed by atoms with Crippen LogP contribution in [0.3, 0.4) is 0 Å². The molecule has 8 heteroatoms. The fraction of sp³-hybridized carbons (Fsp3) is 0.462. The highest BCUT2D eigenvalue weighted by atomic mass is 35.5. The Morgan fingerprint density at radius 1 is 1.29 bits per heavy atom. The molecule has 1 aliphatic rings. The molecule has 0 saturated carbocycles. The van der Waals surface area contributed by atoms with Crippen LogP contribution in [-0.4, -0.2) is 43.0 Å². The first-order valence-corrected chi connectivity index (χ1v) is 6.28. The molecule has 2 rings (SSSR count). The lowest BCUT2D eigenvalue weighted by Gasteiger charge is -2.31. The topological polar surface area (TPSA) is 44.4 Å². The van der Waals surface area contributed by atoms with Gasteiger partial charge in [0, 0.05) is 32.2 Å². The number of hydrogen-bond donors (Lipinski definition) is 2. The van der Waals surface area contributed by atoms with Crippen LogP contribution in [0.1, 0.15) is 6.92 Å². The lowest BCUT2D eigenvalue weighted by atomic mass is 10.2. The van der Waals surface area contributed by atoms with Gasteiger partial charge >= 0.3 is 0 Å². The highest BCUT2D eigenvalue weighted by Crippen LogP contribution is 2.15. The molecular weight excluding hydrogens is 323 g/mol. The second kappa shape index (κ2) is 9.15. The van der Waals surface area contributed by atoms with Gasteiger partial charge in [-0.2, -0.15) is 0 Å². The van der Waals surface area contributed by atoms with E-state index in [0.29, 0.717) is 0 Å². The SMILES string of the molecule is CC(C(=O)Nc1ccc(F)cc1F)N1CCNCC1.Cl.Cl. The quantitative estimate of drug-likeness (QED) is 0.884. The number of rotatable bonds is 3. The normalized spacial score (nSPS) is 16.3. The summed E-state index contributed by atoms with van der Waals surface area (Å²) in [5, 5.41) is 5.69. The first kappa shape index (κ1) is 20.1. The molecule has 1 fully saturated rings. The molecule has 120 valence electrons. The van der Waals surface area contributed by atoms with Crippen LogP contribution >= 0.6 is 24.8 Å². The summed E-state index contributed by atoms with van der Waals surface area (Å²) in [4.78, 5) is 14.0. The van der Waals surface area contributed by atoms with Crippen LogP contribution in [0.5, 0.6) is 0 Å². The maximum Gasteiger partial charge on any atom is 0.241 e. The van der Waals surface area contributed by atoms with Crippen LogP contribution in [0.4, 0.5) is 14.5 Å². The Balaban J connectivity index is 0.00000200. The van der Waals surface area contributed by atoms with Crippen molar-refractivity contribution in [2.24, 2.45) is 0 Å². The van der Waals surface area contributed by atoms with Crippen molar-refractivity contribution < 1.29 is 13.6 Å². The lowest BCUT2D eigenvalue weighted by molar-refractivity contribution is -0.121. The summed E-state index contributed by atoms with van der Waals surface area (Å²) >= 11 is 0. The number of piperazine rings is 1. The molecular formula is C13H19Cl2F2N3O. The van der Waals surface area contributed by atoms with Gasteiger partial charge in [0.15, 0.2) is 0 Å². The van der Waals surface area contributed by atoms with E-state index in [0.717, 1.165) is 38.3 Å². The average molecular weight is 342 g/mol. The van der Waals surface area contributed by atoms with Gasteiger partial charge in [-0.05, 0) is 19.1 Å². The zero-order valence-corrected chi connectivity index (χ0v) is 13.2. The molecule has 1 unspecified atom stereocenters. The summed E-state index contributed by atoms with van der Waals surface area (Å²) in [5.74, 6) is -1.71. The van der Waals surface area contributed by atoms with Gasteiger partial charge in [-0.3, -0.25) is 9.69 Å². The van der Waals surface area contributed by atoms with Crippen LogP contribution in [0.25, 0.3) is 0 Å².